The second-order valence-corrected chi connectivity index (χ2v) is 3.87. The third kappa shape index (κ3) is 2.85. The average Bonchev–Trinajstić information content (AvgIpc) is 2.73. The summed E-state index contributed by atoms with van der Waals surface area (Å²) >= 11 is 0. The Kier molecular flexibility index (Phi) is 3.91. The van der Waals surface area contributed by atoms with E-state index in [1.807, 2.05) is 0 Å². The molecule has 0 fully saturated rings. The predicted molar refractivity (Wildman–Crippen MR) is 64.1 cm³/mol. The summed E-state index contributed by atoms with van der Waals surface area (Å²) in [6.07, 6.45) is 0.363. The van der Waals surface area contributed by atoms with Gasteiger partial charge in [-0.05, 0) is 17.7 Å². The molecule has 2 rings (SSSR count). The van der Waals surface area contributed by atoms with E-state index in [4.69, 9.17) is 9.57 Å². The monoisotopic (exact) mass is 250 g/mol. The first kappa shape index (κ1) is 12.5. The lowest BCUT2D eigenvalue weighted by molar-refractivity contribution is -0.115. The SMILES string of the molecule is COCCONC(=O)c1ccc2c(c1)NC(=O)C2. The number of carbonyl (C=O) groups is 2. The molecule has 0 bridgehead atoms. The Morgan fingerprint density at radius 2 is 2.28 bits per heavy atom. The maximum Gasteiger partial charge on any atom is 0.274 e. The highest BCUT2D eigenvalue weighted by Gasteiger charge is 2.18. The van der Waals surface area contributed by atoms with Gasteiger partial charge in [-0.2, -0.15) is 0 Å². The highest BCUT2D eigenvalue weighted by molar-refractivity contribution is 6.02. The molecular formula is C12H14N2O4. The van der Waals surface area contributed by atoms with Crippen LogP contribution in [0.2, 0.25) is 0 Å². The van der Waals surface area contributed by atoms with Crippen molar-refractivity contribution >= 4 is 17.5 Å². The minimum absolute atomic E-state index is 0.0566. The lowest BCUT2D eigenvalue weighted by Gasteiger charge is -2.06. The number of ether oxygens (including phenoxy) is 1. The molecule has 0 saturated heterocycles. The second-order valence-electron chi connectivity index (χ2n) is 3.87. The van der Waals surface area contributed by atoms with Crippen LogP contribution in [0.5, 0.6) is 0 Å². The average molecular weight is 250 g/mol. The molecule has 0 radical (unpaired) electrons. The van der Waals surface area contributed by atoms with Gasteiger partial charge in [0.05, 0.1) is 19.6 Å². The smallest absolute Gasteiger partial charge is 0.274 e. The van der Waals surface area contributed by atoms with Crippen LogP contribution in [0.3, 0.4) is 0 Å². The van der Waals surface area contributed by atoms with Crippen LogP contribution in [-0.2, 0) is 20.8 Å². The molecule has 1 heterocycles. The van der Waals surface area contributed by atoms with E-state index in [1.165, 1.54) is 0 Å². The fraction of sp³-hybridized carbons (Fsp3) is 0.333. The molecular weight excluding hydrogens is 236 g/mol. The zero-order chi connectivity index (χ0) is 13.0. The molecule has 6 heteroatoms. The van der Waals surface area contributed by atoms with Crippen LogP contribution in [0.4, 0.5) is 5.69 Å². The van der Waals surface area contributed by atoms with Crippen molar-refractivity contribution in [2.45, 2.75) is 6.42 Å². The Hall–Kier alpha value is -1.92. The first-order valence-electron chi connectivity index (χ1n) is 5.54. The molecule has 18 heavy (non-hydrogen) atoms. The fourth-order valence-electron chi connectivity index (χ4n) is 1.66. The molecule has 0 atom stereocenters. The summed E-state index contributed by atoms with van der Waals surface area (Å²) in [6, 6.07) is 5.06. The quantitative estimate of drug-likeness (QED) is 0.589. The van der Waals surface area contributed by atoms with E-state index in [9.17, 15) is 9.59 Å². The summed E-state index contributed by atoms with van der Waals surface area (Å²) in [4.78, 5) is 27.8. The molecule has 2 N–H and O–H groups in total. The number of nitrogens with one attached hydrogen (secondary N) is 2. The van der Waals surface area contributed by atoms with Gasteiger partial charge in [0.1, 0.15) is 0 Å². The van der Waals surface area contributed by atoms with Crippen LogP contribution in [0.1, 0.15) is 15.9 Å². The number of fused-ring (bicyclic) bond motifs is 1. The van der Waals surface area contributed by atoms with Gasteiger partial charge in [-0.25, -0.2) is 5.48 Å². The number of amides is 2. The third-order valence-corrected chi connectivity index (χ3v) is 2.55. The maximum absolute atomic E-state index is 11.7. The molecule has 1 aromatic rings. The van der Waals surface area contributed by atoms with E-state index in [-0.39, 0.29) is 18.4 Å². The van der Waals surface area contributed by atoms with Gasteiger partial charge in [0.2, 0.25) is 5.91 Å². The van der Waals surface area contributed by atoms with E-state index in [0.717, 1.165) is 5.56 Å². The zero-order valence-electron chi connectivity index (χ0n) is 9.99. The van der Waals surface area contributed by atoms with Crippen molar-refractivity contribution in [3.05, 3.63) is 29.3 Å². The lowest BCUT2D eigenvalue weighted by Crippen LogP contribution is -2.25. The first-order chi connectivity index (χ1) is 8.70. The van der Waals surface area contributed by atoms with Gasteiger partial charge in [-0.3, -0.25) is 14.4 Å². The van der Waals surface area contributed by atoms with Crippen LogP contribution in [-0.4, -0.2) is 32.1 Å². The second kappa shape index (κ2) is 5.61. The minimum atomic E-state index is -0.352. The fourth-order valence-corrected chi connectivity index (χ4v) is 1.66. The largest absolute Gasteiger partial charge is 0.382 e. The van der Waals surface area contributed by atoms with Crippen LogP contribution in [0.15, 0.2) is 18.2 Å². The Balaban J connectivity index is 1.95. The van der Waals surface area contributed by atoms with Gasteiger partial charge in [0.25, 0.3) is 5.91 Å². The molecule has 6 nitrogen and oxygen atoms in total. The highest BCUT2D eigenvalue weighted by Crippen LogP contribution is 2.23. The van der Waals surface area contributed by atoms with E-state index >= 15 is 0 Å². The third-order valence-electron chi connectivity index (χ3n) is 2.55. The standard InChI is InChI=1S/C12H14N2O4/c1-17-4-5-18-14-12(16)9-3-2-8-7-11(15)13-10(8)6-9/h2-3,6H,4-5,7H2,1H3,(H,13,15)(H,14,16). The van der Waals surface area contributed by atoms with Crippen molar-refractivity contribution in [3.63, 3.8) is 0 Å². The van der Waals surface area contributed by atoms with Crippen LogP contribution < -0.4 is 10.8 Å². The number of carbonyl (C=O) groups excluding carboxylic acids is 2. The van der Waals surface area contributed by atoms with Crippen LogP contribution >= 0.6 is 0 Å². The van der Waals surface area contributed by atoms with Crippen molar-refractivity contribution in [1.29, 1.82) is 0 Å². The Morgan fingerprint density at radius 1 is 1.44 bits per heavy atom. The van der Waals surface area contributed by atoms with Gasteiger partial charge < -0.3 is 10.1 Å². The molecule has 0 aliphatic carbocycles. The van der Waals surface area contributed by atoms with Gasteiger partial charge in [-0.1, -0.05) is 6.07 Å². The van der Waals surface area contributed by atoms with E-state index in [1.54, 1.807) is 25.3 Å². The number of hydroxylamine groups is 1. The van der Waals surface area contributed by atoms with Crippen molar-refractivity contribution in [2.75, 3.05) is 25.6 Å². The molecule has 1 aromatic carbocycles. The van der Waals surface area contributed by atoms with Gasteiger partial charge in [0, 0.05) is 18.4 Å². The van der Waals surface area contributed by atoms with E-state index < -0.39 is 0 Å². The van der Waals surface area contributed by atoms with E-state index in [0.29, 0.717) is 24.3 Å². The topological polar surface area (TPSA) is 76.7 Å². The normalized spacial score (nSPS) is 13.1. The predicted octanol–water partition coefficient (Wildman–Crippen LogP) is 0.489. The molecule has 0 unspecified atom stereocenters. The molecule has 96 valence electrons. The summed E-state index contributed by atoms with van der Waals surface area (Å²) < 4.78 is 4.78. The van der Waals surface area contributed by atoms with Crippen molar-refractivity contribution in [2.24, 2.45) is 0 Å². The summed E-state index contributed by atoms with van der Waals surface area (Å²) in [5, 5.41) is 2.69. The Morgan fingerprint density at radius 3 is 3.06 bits per heavy atom. The number of anilines is 1. The maximum atomic E-state index is 11.7. The van der Waals surface area contributed by atoms with Gasteiger partial charge in [0.15, 0.2) is 0 Å². The van der Waals surface area contributed by atoms with Crippen molar-refractivity contribution in [1.82, 2.24) is 5.48 Å². The first-order valence-corrected chi connectivity index (χ1v) is 5.54. The summed E-state index contributed by atoms with van der Waals surface area (Å²) in [7, 11) is 1.55. The molecule has 1 aliphatic rings. The van der Waals surface area contributed by atoms with Crippen molar-refractivity contribution < 1.29 is 19.2 Å². The van der Waals surface area contributed by atoms with Crippen molar-refractivity contribution in [3.8, 4) is 0 Å². The number of methoxy groups -OCH3 is 1. The molecule has 2 amide bonds. The number of benzene rings is 1. The Bertz CT molecular complexity index is 473. The summed E-state index contributed by atoms with van der Waals surface area (Å²) in [6.45, 7) is 0.685. The van der Waals surface area contributed by atoms with E-state index in [2.05, 4.69) is 10.8 Å². The van der Waals surface area contributed by atoms with Crippen LogP contribution in [0.25, 0.3) is 0 Å². The lowest BCUT2D eigenvalue weighted by atomic mass is 10.1. The molecule has 0 saturated carbocycles. The number of rotatable bonds is 5. The molecule has 0 spiro atoms. The van der Waals surface area contributed by atoms with Gasteiger partial charge in [-0.15, -0.1) is 0 Å². The zero-order valence-corrected chi connectivity index (χ0v) is 9.99. The minimum Gasteiger partial charge on any atom is -0.382 e. The van der Waals surface area contributed by atoms with Gasteiger partial charge >= 0.3 is 0 Å². The summed E-state index contributed by atoms with van der Waals surface area (Å²) in [5.74, 6) is -0.408. The van der Waals surface area contributed by atoms with Crippen LogP contribution in [0, 0.1) is 0 Å². The number of hydrogen-bond donors (Lipinski definition) is 2. The Labute approximate surface area is 104 Å². The number of hydrogen-bond acceptors (Lipinski definition) is 4. The molecule has 1 aliphatic heterocycles. The highest BCUT2D eigenvalue weighted by atomic mass is 16.7. The molecule has 0 aromatic heterocycles. The summed E-state index contributed by atoms with van der Waals surface area (Å²) in [5.41, 5.74) is 4.33.